The van der Waals surface area contributed by atoms with E-state index in [1.807, 2.05) is 24.3 Å². The lowest BCUT2D eigenvalue weighted by Gasteiger charge is -2.21. The van der Waals surface area contributed by atoms with Crippen molar-refractivity contribution in [3.05, 3.63) is 69.2 Å². The van der Waals surface area contributed by atoms with Crippen LogP contribution in [-0.4, -0.2) is 27.0 Å². The number of hydrogen-bond acceptors (Lipinski definition) is 4. The summed E-state index contributed by atoms with van der Waals surface area (Å²) in [5.41, 5.74) is 0.989. The Kier molecular flexibility index (Phi) is 5.46. The quantitative estimate of drug-likeness (QED) is 0.514. The van der Waals surface area contributed by atoms with Gasteiger partial charge in [-0.3, -0.25) is 4.79 Å². The van der Waals surface area contributed by atoms with Gasteiger partial charge in [-0.05, 0) is 53.0 Å². The van der Waals surface area contributed by atoms with Crippen molar-refractivity contribution in [1.82, 2.24) is 15.1 Å². The molecule has 4 rings (SSSR count). The Morgan fingerprint density at radius 2 is 2.00 bits per heavy atom. The molecule has 28 heavy (non-hydrogen) atoms. The van der Waals surface area contributed by atoms with Gasteiger partial charge in [0.2, 0.25) is 17.7 Å². The van der Waals surface area contributed by atoms with Crippen LogP contribution in [-0.2, 0) is 17.8 Å². The molecule has 0 aliphatic heterocycles. The molecule has 1 aliphatic carbocycles. The van der Waals surface area contributed by atoms with Gasteiger partial charge in [0.15, 0.2) is 0 Å². The molecule has 1 aliphatic rings. The summed E-state index contributed by atoms with van der Waals surface area (Å²) >= 11 is 9.52. The third-order valence-electron chi connectivity index (χ3n) is 4.57. The zero-order chi connectivity index (χ0) is 19.7. The van der Waals surface area contributed by atoms with E-state index >= 15 is 0 Å². The lowest BCUT2D eigenvalue weighted by molar-refractivity contribution is -0.132. The van der Waals surface area contributed by atoms with Gasteiger partial charge >= 0.3 is 0 Å². The monoisotopic (exact) mass is 463 g/mol. The van der Waals surface area contributed by atoms with E-state index in [0.29, 0.717) is 11.8 Å². The summed E-state index contributed by atoms with van der Waals surface area (Å²) in [7, 11) is 0. The summed E-state index contributed by atoms with van der Waals surface area (Å²) in [6.07, 6.45) is 1.71. The highest BCUT2D eigenvalue weighted by Gasteiger charge is 2.34. The molecule has 0 radical (unpaired) electrons. The topological polar surface area (TPSA) is 59.2 Å². The maximum atomic E-state index is 14.0. The first-order chi connectivity index (χ1) is 13.5. The van der Waals surface area contributed by atoms with Crippen LogP contribution in [0.3, 0.4) is 0 Å². The molecule has 1 saturated carbocycles. The summed E-state index contributed by atoms with van der Waals surface area (Å²) in [6.45, 7) is 0.188. The van der Waals surface area contributed by atoms with Crippen molar-refractivity contribution in [3.63, 3.8) is 0 Å². The van der Waals surface area contributed by atoms with E-state index in [-0.39, 0.29) is 35.5 Å². The minimum Gasteiger partial charge on any atom is -0.419 e. The maximum absolute atomic E-state index is 14.0. The Hall–Kier alpha value is -2.25. The van der Waals surface area contributed by atoms with Gasteiger partial charge in [0.1, 0.15) is 5.82 Å². The van der Waals surface area contributed by atoms with Crippen LogP contribution in [0, 0.1) is 5.82 Å². The van der Waals surface area contributed by atoms with Gasteiger partial charge < -0.3 is 9.32 Å². The highest BCUT2D eigenvalue weighted by atomic mass is 79.9. The fourth-order valence-corrected chi connectivity index (χ4v) is 3.65. The smallest absolute Gasteiger partial charge is 0.248 e. The Bertz CT molecular complexity index is 1000. The van der Waals surface area contributed by atoms with Crippen molar-refractivity contribution < 1.29 is 13.6 Å². The molecule has 2 aromatic carbocycles. The molecule has 1 aromatic heterocycles. The van der Waals surface area contributed by atoms with Gasteiger partial charge in [0.05, 0.1) is 18.5 Å². The molecule has 0 unspecified atom stereocenters. The van der Waals surface area contributed by atoms with Gasteiger partial charge in [-0.2, -0.15) is 0 Å². The summed E-state index contributed by atoms with van der Waals surface area (Å²) in [5, 5.41) is 8.41. The standard InChI is InChI=1S/C20H16BrClFN3O2/c21-15-5-2-1-4-13(15)20-25-24-18(28-20)11-26(12-8-9-12)19(27)10-14-16(22)6-3-7-17(14)23/h1-7,12H,8-11H2. The summed E-state index contributed by atoms with van der Waals surface area (Å²) in [4.78, 5) is 14.5. The average molecular weight is 465 g/mol. The highest BCUT2D eigenvalue weighted by molar-refractivity contribution is 9.10. The summed E-state index contributed by atoms with van der Waals surface area (Å²) < 4.78 is 20.6. The van der Waals surface area contributed by atoms with E-state index in [0.717, 1.165) is 22.9 Å². The molecule has 0 N–H and O–H groups in total. The van der Waals surface area contributed by atoms with E-state index in [4.69, 9.17) is 16.0 Å². The molecular formula is C20H16BrClFN3O2. The number of benzene rings is 2. The van der Waals surface area contributed by atoms with Gasteiger partial charge in [-0.1, -0.05) is 29.8 Å². The van der Waals surface area contributed by atoms with E-state index in [1.54, 1.807) is 11.0 Å². The number of hydrogen-bond donors (Lipinski definition) is 0. The molecule has 5 nitrogen and oxygen atoms in total. The Labute approximate surface area is 174 Å². The molecule has 8 heteroatoms. The molecule has 144 valence electrons. The van der Waals surface area contributed by atoms with Crippen molar-refractivity contribution >= 4 is 33.4 Å². The number of rotatable bonds is 6. The second-order valence-electron chi connectivity index (χ2n) is 6.61. The van der Waals surface area contributed by atoms with Crippen molar-refractivity contribution in [1.29, 1.82) is 0 Å². The van der Waals surface area contributed by atoms with Crippen LogP contribution in [0.4, 0.5) is 4.39 Å². The average Bonchev–Trinajstić information content (AvgIpc) is 3.41. The number of halogens is 3. The van der Waals surface area contributed by atoms with Crippen LogP contribution in [0.5, 0.6) is 0 Å². The van der Waals surface area contributed by atoms with E-state index < -0.39 is 5.82 Å². The second-order valence-corrected chi connectivity index (χ2v) is 7.87. The van der Waals surface area contributed by atoms with E-state index in [1.165, 1.54) is 12.1 Å². The first-order valence-corrected chi connectivity index (χ1v) is 9.99. The zero-order valence-electron chi connectivity index (χ0n) is 14.7. The lowest BCUT2D eigenvalue weighted by Crippen LogP contribution is -2.34. The van der Waals surface area contributed by atoms with Gasteiger partial charge in [0, 0.05) is 21.1 Å². The molecule has 3 aromatic rings. The minimum atomic E-state index is -0.481. The van der Waals surface area contributed by atoms with Crippen LogP contribution >= 0.6 is 27.5 Å². The SMILES string of the molecule is O=C(Cc1c(F)cccc1Cl)N(Cc1nnc(-c2ccccc2Br)o1)C1CC1. The third kappa shape index (κ3) is 4.10. The zero-order valence-corrected chi connectivity index (χ0v) is 17.1. The van der Waals surface area contributed by atoms with E-state index in [2.05, 4.69) is 26.1 Å². The van der Waals surface area contributed by atoms with Crippen LogP contribution in [0.15, 0.2) is 51.4 Å². The number of nitrogens with zero attached hydrogens (tertiary/aromatic N) is 3. The molecule has 0 saturated heterocycles. The number of carbonyl (C=O) groups is 1. The number of carbonyl (C=O) groups excluding carboxylic acids is 1. The van der Waals surface area contributed by atoms with Crippen LogP contribution in [0.25, 0.3) is 11.5 Å². The molecular weight excluding hydrogens is 449 g/mol. The highest BCUT2D eigenvalue weighted by Crippen LogP contribution is 2.31. The second kappa shape index (κ2) is 8.01. The van der Waals surface area contributed by atoms with Gasteiger partial charge in [0.25, 0.3) is 0 Å². The largest absolute Gasteiger partial charge is 0.419 e. The Morgan fingerprint density at radius 1 is 1.21 bits per heavy atom. The van der Waals surface area contributed by atoms with E-state index in [9.17, 15) is 9.18 Å². The minimum absolute atomic E-state index is 0.104. The van der Waals surface area contributed by atoms with Crippen LogP contribution in [0.2, 0.25) is 5.02 Å². The molecule has 1 fully saturated rings. The molecule has 0 bridgehead atoms. The van der Waals surface area contributed by atoms with Gasteiger partial charge in [-0.15, -0.1) is 10.2 Å². The predicted molar refractivity (Wildman–Crippen MR) is 106 cm³/mol. The van der Waals surface area contributed by atoms with Crippen molar-refractivity contribution in [2.75, 3.05) is 0 Å². The Balaban J connectivity index is 1.52. The Morgan fingerprint density at radius 3 is 2.71 bits per heavy atom. The third-order valence-corrected chi connectivity index (χ3v) is 5.62. The number of amides is 1. The normalized spacial score (nSPS) is 13.5. The lowest BCUT2D eigenvalue weighted by atomic mass is 10.1. The van der Waals surface area contributed by atoms with Crippen molar-refractivity contribution in [3.8, 4) is 11.5 Å². The van der Waals surface area contributed by atoms with Crippen molar-refractivity contribution in [2.24, 2.45) is 0 Å². The number of aromatic nitrogens is 2. The maximum Gasteiger partial charge on any atom is 0.248 e. The summed E-state index contributed by atoms with van der Waals surface area (Å²) in [6, 6.07) is 12.0. The molecule has 1 heterocycles. The molecule has 1 amide bonds. The molecule has 0 atom stereocenters. The van der Waals surface area contributed by atoms with Crippen LogP contribution in [0.1, 0.15) is 24.3 Å². The first-order valence-electron chi connectivity index (χ1n) is 8.82. The predicted octanol–water partition coefficient (Wildman–Crippen LogP) is 5.03. The molecule has 0 spiro atoms. The fraction of sp³-hybridized carbons (Fsp3) is 0.250. The first kappa shape index (κ1) is 19.1. The van der Waals surface area contributed by atoms with Crippen molar-refractivity contribution in [2.45, 2.75) is 31.8 Å². The van der Waals surface area contributed by atoms with Gasteiger partial charge in [-0.25, -0.2) is 4.39 Å². The fourth-order valence-electron chi connectivity index (χ4n) is 2.97. The summed E-state index contributed by atoms with van der Waals surface area (Å²) in [5.74, 6) is 0.0224. The van der Waals surface area contributed by atoms with Crippen LogP contribution < -0.4 is 0 Å².